The molecule has 37 heavy (non-hydrogen) atoms. The van der Waals surface area contributed by atoms with Gasteiger partial charge in [-0.1, -0.05) is 62.7 Å². The van der Waals surface area contributed by atoms with Crippen LogP contribution < -0.4 is 10.1 Å². The van der Waals surface area contributed by atoms with Crippen molar-refractivity contribution in [2.75, 3.05) is 6.54 Å². The van der Waals surface area contributed by atoms with Gasteiger partial charge in [0.15, 0.2) is 0 Å². The van der Waals surface area contributed by atoms with Gasteiger partial charge in [-0.05, 0) is 98.0 Å². The summed E-state index contributed by atoms with van der Waals surface area (Å²) in [6.07, 6.45) is 2.09. The number of carbonyl (C=O) groups excluding carboxylic acids is 2. The number of benzene rings is 3. The standard InChI is InChI=1S/C33H41NO3/c1-22-8-10-27(11-9-22)31-23(2)20-29(21-24(31)3)37-30(16-18-33(5,6)7)26-12-14-28(15-13-26)32(36)34-19-17-25(4)35/h8-15,20-21,30H,16-19H2,1-7H3,(H,34,36). The minimum absolute atomic E-state index is 0.0619. The smallest absolute Gasteiger partial charge is 0.251 e. The van der Waals surface area contributed by atoms with Crippen LogP contribution in [0.2, 0.25) is 0 Å². The lowest BCUT2D eigenvalue weighted by atomic mass is 9.88. The Kier molecular flexibility index (Phi) is 9.31. The summed E-state index contributed by atoms with van der Waals surface area (Å²) in [4.78, 5) is 23.6. The lowest BCUT2D eigenvalue weighted by Gasteiger charge is -2.25. The van der Waals surface area contributed by atoms with Gasteiger partial charge in [-0.15, -0.1) is 0 Å². The first kappa shape index (κ1) is 28.2. The molecule has 0 fully saturated rings. The van der Waals surface area contributed by atoms with Crippen molar-refractivity contribution >= 4 is 11.7 Å². The average Bonchev–Trinajstić information content (AvgIpc) is 2.82. The van der Waals surface area contributed by atoms with Crippen molar-refractivity contribution in [2.45, 2.75) is 73.8 Å². The van der Waals surface area contributed by atoms with Gasteiger partial charge < -0.3 is 10.1 Å². The fourth-order valence-corrected chi connectivity index (χ4v) is 4.49. The summed E-state index contributed by atoms with van der Waals surface area (Å²) in [5.74, 6) is 0.751. The lowest BCUT2D eigenvalue weighted by Crippen LogP contribution is -2.25. The minimum atomic E-state index is -0.169. The van der Waals surface area contributed by atoms with Gasteiger partial charge in [0.05, 0.1) is 0 Å². The van der Waals surface area contributed by atoms with Gasteiger partial charge in [-0.3, -0.25) is 9.59 Å². The van der Waals surface area contributed by atoms with Gasteiger partial charge in [0.25, 0.3) is 5.91 Å². The molecule has 0 radical (unpaired) electrons. The maximum absolute atomic E-state index is 12.4. The van der Waals surface area contributed by atoms with Crippen LogP contribution >= 0.6 is 0 Å². The SMILES string of the molecule is CC(=O)CCNC(=O)c1ccc(C(CCC(C)(C)C)Oc2cc(C)c(-c3ccc(C)cc3)c(C)c2)cc1. The van der Waals surface area contributed by atoms with Crippen LogP contribution in [-0.2, 0) is 4.79 Å². The van der Waals surface area contributed by atoms with E-state index in [9.17, 15) is 9.59 Å². The van der Waals surface area contributed by atoms with E-state index in [1.54, 1.807) is 0 Å². The Morgan fingerprint density at radius 3 is 2.03 bits per heavy atom. The van der Waals surface area contributed by atoms with Gasteiger partial charge in [-0.25, -0.2) is 0 Å². The number of hydrogen-bond acceptors (Lipinski definition) is 3. The van der Waals surface area contributed by atoms with E-state index >= 15 is 0 Å². The second-order valence-electron chi connectivity index (χ2n) is 11.3. The van der Waals surface area contributed by atoms with Gasteiger partial charge >= 0.3 is 0 Å². The third-order valence-electron chi connectivity index (χ3n) is 6.59. The third kappa shape index (κ3) is 8.31. The molecule has 0 aliphatic carbocycles. The predicted molar refractivity (Wildman–Crippen MR) is 152 cm³/mol. The highest BCUT2D eigenvalue weighted by Gasteiger charge is 2.20. The molecule has 0 aromatic heterocycles. The molecule has 1 unspecified atom stereocenters. The molecule has 0 aliphatic heterocycles. The molecular formula is C33H41NO3. The first-order valence-corrected chi connectivity index (χ1v) is 13.2. The van der Waals surface area contributed by atoms with Crippen molar-refractivity contribution in [1.82, 2.24) is 5.32 Å². The fourth-order valence-electron chi connectivity index (χ4n) is 4.49. The maximum Gasteiger partial charge on any atom is 0.251 e. The Morgan fingerprint density at radius 1 is 0.892 bits per heavy atom. The van der Waals surface area contributed by atoms with E-state index in [0.29, 0.717) is 18.5 Å². The molecular weight excluding hydrogens is 458 g/mol. The molecule has 4 nitrogen and oxygen atoms in total. The van der Waals surface area contributed by atoms with Crippen LogP contribution in [0.25, 0.3) is 11.1 Å². The van der Waals surface area contributed by atoms with Crippen LogP contribution in [0.4, 0.5) is 0 Å². The van der Waals surface area contributed by atoms with E-state index in [1.807, 2.05) is 24.3 Å². The monoisotopic (exact) mass is 499 g/mol. The van der Waals surface area contributed by atoms with Crippen LogP contribution in [0.1, 0.15) is 85.7 Å². The zero-order valence-electron chi connectivity index (χ0n) is 23.4. The number of nitrogens with one attached hydrogen (secondary N) is 1. The predicted octanol–water partition coefficient (Wildman–Crippen LogP) is 7.93. The maximum atomic E-state index is 12.4. The number of ketones is 1. The molecule has 4 heteroatoms. The van der Waals surface area contributed by atoms with E-state index in [2.05, 4.69) is 83.3 Å². The second kappa shape index (κ2) is 12.2. The molecule has 0 aliphatic rings. The summed E-state index contributed by atoms with van der Waals surface area (Å²) < 4.78 is 6.62. The Labute approximate surface area is 222 Å². The summed E-state index contributed by atoms with van der Waals surface area (Å²) in [5, 5.41) is 2.81. The molecule has 1 amide bonds. The van der Waals surface area contributed by atoms with Crippen molar-refractivity contribution in [3.8, 4) is 16.9 Å². The van der Waals surface area contributed by atoms with Crippen molar-refractivity contribution in [3.05, 3.63) is 88.5 Å². The van der Waals surface area contributed by atoms with E-state index < -0.39 is 0 Å². The molecule has 0 bridgehead atoms. The molecule has 1 N–H and O–H groups in total. The molecule has 0 spiro atoms. The summed E-state index contributed by atoms with van der Waals surface area (Å²) in [6.45, 7) is 15.0. The van der Waals surface area contributed by atoms with Crippen LogP contribution in [0, 0.1) is 26.2 Å². The highest BCUT2D eigenvalue weighted by molar-refractivity contribution is 5.94. The minimum Gasteiger partial charge on any atom is -0.486 e. The van der Waals surface area contributed by atoms with Crippen molar-refractivity contribution in [1.29, 1.82) is 0 Å². The van der Waals surface area contributed by atoms with Crippen LogP contribution in [0.3, 0.4) is 0 Å². The summed E-state index contributed by atoms with van der Waals surface area (Å²) in [6, 6.07) is 20.5. The number of amides is 1. The number of ether oxygens (including phenoxy) is 1. The van der Waals surface area contributed by atoms with Crippen molar-refractivity contribution in [3.63, 3.8) is 0 Å². The van der Waals surface area contributed by atoms with Gasteiger partial charge in [0.2, 0.25) is 0 Å². The number of aryl methyl sites for hydroxylation is 3. The highest BCUT2D eigenvalue weighted by atomic mass is 16.5. The number of Topliss-reactive ketones (excluding diaryl/α,β-unsaturated/α-hetero) is 1. The van der Waals surface area contributed by atoms with Gasteiger partial charge in [0.1, 0.15) is 17.6 Å². The van der Waals surface area contributed by atoms with Crippen molar-refractivity contribution in [2.24, 2.45) is 5.41 Å². The number of rotatable bonds is 10. The Balaban J connectivity index is 1.82. The highest BCUT2D eigenvalue weighted by Crippen LogP contribution is 2.35. The molecule has 1 atom stereocenters. The van der Waals surface area contributed by atoms with E-state index in [4.69, 9.17) is 4.74 Å². The lowest BCUT2D eigenvalue weighted by molar-refractivity contribution is -0.116. The molecule has 0 saturated heterocycles. The van der Waals surface area contributed by atoms with Gasteiger partial charge in [0, 0.05) is 18.5 Å². The molecule has 3 aromatic rings. The summed E-state index contributed by atoms with van der Waals surface area (Å²) in [5.41, 5.74) is 7.89. The Bertz CT molecular complexity index is 1190. The largest absolute Gasteiger partial charge is 0.486 e. The molecule has 3 aromatic carbocycles. The molecule has 0 saturated carbocycles. The second-order valence-corrected chi connectivity index (χ2v) is 11.3. The Hall–Kier alpha value is -3.40. The zero-order valence-corrected chi connectivity index (χ0v) is 23.4. The summed E-state index contributed by atoms with van der Waals surface area (Å²) in [7, 11) is 0. The number of carbonyl (C=O) groups is 2. The zero-order chi connectivity index (χ0) is 27.2. The quantitative estimate of drug-likeness (QED) is 0.308. The first-order chi connectivity index (χ1) is 17.4. The number of hydrogen-bond donors (Lipinski definition) is 1. The normalized spacial score (nSPS) is 12.2. The average molecular weight is 500 g/mol. The van der Waals surface area contributed by atoms with E-state index in [1.165, 1.54) is 34.7 Å². The van der Waals surface area contributed by atoms with Crippen LogP contribution in [0.15, 0.2) is 60.7 Å². The molecule has 196 valence electrons. The third-order valence-corrected chi connectivity index (χ3v) is 6.59. The molecule has 3 rings (SSSR count). The first-order valence-electron chi connectivity index (χ1n) is 13.2. The Morgan fingerprint density at radius 2 is 1.49 bits per heavy atom. The molecule has 0 heterocycles. The van der Waals surface area contributed by atoms with Crippen molar-refractivity contribution < 1.29 is 14.3 Å². The fraction of sp³-hybridized carbons (Fsp3) is 0.394. The van der Waals surface area contributed by atoms with E-state index in [0.717, 1.165) is 24.2 Å². The summed E-state index contributed by atoms with van der Waals surface area (Å²) >= 11 is 0. The van der Waals surface area contributed by atoms with Crippen LogP contribution in [0.5, 0.6) is 5.75 Å². The van der Waals surface area contributed by atoms with Crippen LogP contribution in [-0.4, -0.2) is 18.2 Å². The topological polar surface area (TPSA) is 55.4 Å². The van der Waals surface area contributed by atoms with Gasteiger partial charge in [-0.2, -0.15) is 0 Å². The van der Waals surface area contributed by atoms with E-state index in [-0.39, 0.29) is 23.2 Å².